The van der Waals surface area contributed by atoms with Crippen LogP contribution in [0, 0.1) is 5.82 Å². The quantitative estimate of drug-likeness (QED) is 0.898. The first-order valence-corrected chi connectivity index (χ1v) is 7.92. The van der Waals surface area contributed by atoms with Crippen molar-refractivity contribution in [2.24, 2.45) is 0 Å². The molecular formula is C12H15ClFNO3S. The molecule has 106 valence electrons. The Balaban J connectivity index is 2.25. The van der Waals surface area contributed by atoms with Crippen molar-refractivity contribution in [1.29, 1.82) is 0 Å². The van der Waals surface area contributed by atoms with Crippen molar-refractivity contribution in [3.63, 3.8) is 0 Å². The predicted octanol–water partition coefficient (Wildman–Crippen LogP) is 2.06. The van der Waals surface area contributed by atoms with Gasteiger partial charge in [0.2, 0.25) is 10.0 Å². The Morgan fingerprint density at radius 2 is 2.00 bits per heavy atom. The molecule has 2 N–H and O–H groups in total. The summed E-state index contributed by atoms with van der Waals surface area (Å²) in [7, 11) is -4.02. The molecule has 2 rings (SSSR count). The monoisotopic (exact) mass is 307 g/mol. The molecule has 1 saturated carbocycles. The topological polar surface area (TPSA) is 66.4 Å². The molecule has 1 aromatic rings. The first-order valence-electron chi connectivity index (χ1n) is 6.06. The average molecular weight is 308 g/mol. The van der Waals surface area contributed by atoms with Gasteiger partial charge in [0, 0.05) is 6.04 Å². The lowest BCUT2D eigenvalue weighted by molar-refractivity contribution is 0.101. The summed E-state index contributed by atoms with van der Waals surface area (Å²) in [4.78, 5) is -0.488. The zero-order valence-electron chi connectivity index (χ0n) is 10.1. The molecule has 0 saturated heterocycles. The van der Waals surface area contributed by atoms with Gasteiger partial charge < -0.3 is 5.11 Å². The molecular weight excluding hydrogens is 293 g/mol. The fraction of sp³-hybridized carbons (Fsp3) is 0.500. The van der Waals surface area contributed by atoms with E-state index in [1.807, 2.05) is 0 Å². The van der Waals surface area contributed by atoms with E-state index in [0.29, 0.717) is 12.8 Å². The minimum absolute atomic E-state index is 0.243. The molecule has 1 aliphatic carbocycles. The maximum atomic E-state index is 13.7. The molecule has 0 bridgehead atoms. The van der Waals surface area contributed by atoms with Crippen LogP contribution in [0.3, 0.4) is 0 Å². The number of benzene rings is 1. The van der Waals surface area contributed by atoms with E-state index in [9.17, 15) is 17.9 Å². The van der Waals surface area contributed by atoms with Crippen LogP contribution in [-0.4, -0.2) is 25.7 Å². The summed E-state index contributed by atoms with van der Waals surface area (Å²) in [6.07, 6.45) is 2.06. The highest BCUT2D eigenvalue weighted by atomic mass is 35.5. The van der Waals surface area contributed by atoms with Crippen molar-refractivity contribution in [2.45, 2.75) is 42.7 Å². The van der Waals surface area contributed by atoms with E-state index in [-0.39, 0.29) is 5.02 Å². The van der Waals surface area contributed by atoms with Crippen LogP contribution in [0.2, 0.25) is 5.02 Å². The second kappa shape index (κ2) is 5.75. The number of sulfonamides is 1. The second-order valence-corrected chi connectivity index (χ2v) is 6.72. The van der Waals surface area contributed by atoms with Gasteiger partial charge in [-0.05, 0) is 25.0 Å². The van der Waals surface area contributed by atoms with E-state index in [2.05, 4.69) is 4.72 Å². The van der Waals surface area contributed by atoms with Crippen LogP contribution >= 0.6 is 11.6 Å². The van der Waals surface area contributed by atoms with Gasteiger partial charge in [0.05, 0.1) is 11.1 Å². The van der Waals surface area contributed by atoms with E-state index in [4.69, 9.17) is 11.6 Å². The van der Waals surface area contributed by atoms with Gasteiger partial charge in [-0.1, -0.05) is 30.5 Å². The van der Waals surface area contributed by atoms with Crippen LogP contribution in [0.5, 0.6) is 0 Å². The molecule has 1 aromatic carbocycles. The predicted molar refractivity (Wildman–Crippen MR) is 70.0 cm³/mol. The lowest BCUT2D eigenvalue weighted by Gasteiger charge is -2.28. The normalized spacial score (nSPS) is 24.4. The number of rotatable bonds is 3. The Hall–Kier alpha value is -0.690. The summed E-state index contributed by atoms with van der Waals surface area (Å²) in [5, 5.41) is 9.51. The number of hydrogen-bond acceptors (Lipinski definition) is 3. The van der Waals surface area contributed by atoms with Crippen molar-refractivity contribution in [3.05, 3.63) is 29.0 Å². The zero-order chi connectivity index (χ0) is 14.0. The molecule has 2 unspecified atom stereocenters. The van der Waals surface area contributed by atoms with Crippen LogP contribution in [0.1, 0.15) is 25.7 Å². The maximum absolute atomic E-state index is 13.7. The van der Waals surface area contributed by atoms with E-state index in [1.165, 1.54) is 12.1 Å². The molecule has 0 aromatic heterocycles. The molecule has 4 nitrogen and oxygen atoms in total. The number of halogens is 2. The third-order valence-electron chi connectivity index (χ3n) is 3.24. The minimum atomic E-state index is -4.02. The van der Waals surface area contributed by atoms with E-state index in [0.717, 1.165) is 18.9 Å². The van der Waals surface area contributed by atoms with Gasteiger partial charge >= 0.3 is 0 Å². The molecule has 0 aliphatic heterocycles. The van der Waals surface area contributed by atoms with Gasteiger partial charge in [-0.25, -0.2) is 17.5 Å². The lowest BCUT2D eigenvalue weighted by Crippen LogP contribution is -2.45. The first-order chi connectivity index (χ1) is 8.92. The smallest absolute Gasteiger partial charge is 0.243 e. The van der Waals surface area contributed by atoms with Gasteiger partial charge in [0.15, 0.2) is 5.82 Å². The summed E-state index contributed by atoms with van der Waals surface area (Å²) >= 11 is 5.57. The molecule has 1 aliphatic rings. The first kappa shape index (κ1) is 14.7. The number of aliphatic hydroxyl groups is 1. The van der Waals surface area contributed by atoms with Gasteiger partial charge in [-0.2, -0.15) is 0 Å². The Bertz CT molecular complexity index is 564. The Morgan fingerprint density at radius 3 is 2.68 bits per heavy atom. The Labute approximate surface area is 116 Å². The molecule has 0 radical (unpaired) electrons. The molecule has 19 heavy (non-hydrogen) atoms. The van der Waals surface area contributed by atoms with Crippen molar-refractivity contribution in [2.75, 3.05) is 0 Å². The molecule has 1 fully saturated rings. The molecule has 0 spiro atoms. The molecule has 0 heterocycles. The van der Waals surface area contributed by atoms with Crippen LogP contribution in [-0.2, 0) is 10.0 Å². The summed E-state index contributed by atoms with van der Waals surface area (Å²) in [6, 6.07) is 3.23. The summed E-state index contributed by atoms with van der Waals surface area (Å²) < 4.78 is 40.3. The van der Waals surface area contributed by atoms with Gasteiger partial charge in [-0.3, -0.25) is 0 Å². The van der Waals surface area contributed by atoms with Crippen molar-refractivity contribution < 1.29 is 17.9 Å². The summed E-state index contributed by atoms with van der Waals surface area (Å²) in [5.41, 5.74) is 0. The Kier molecular flexibility index (Phi) is 4.45. The largest absolute Gasteiger partial charge is 0.391 e. The minimum Gasteiger partial charge on any atom is -0.391 e. The van der Waals surface area contributed by atoms with Gasteiger partial charge in [-0.15, -0.1) is 0 Å². The van der Waals surface area contributed by atoms with Crippen LogP contribution in [0.25, 0.3) is 0 Å². The number of hydrogen-bond donors (Lipinski definition) is 2. The fourth-order valence-corrected chi connectivity index (χ4v) is 3.84. The van der Waals surface area contributed by atoms with Crippen molar-refractivity contribution in [1.82, 2.24) is 4.72 Å². The molecule has 0 amide bonds. The number of aliphatic hydroxyl groups excluding tert-OH is 1. The highest BCUT2D eigenvalue weighted by Crippen LogP contribution is 2.24. The Morgan fingerprint density at radius 1 is 1.32 bits per heavy atom. The number of nitrogens with one attached hydrogen (secondary N) is 1. The van der Waals surface area contributed by atoms with E-state index < -0.39 is 32.9 Å². The van der Waals surface area contributed by atoms with Crippen LogP contribution in [0.4, 0.5) is 4.39 Å². The fourth-order valence-electron chi connectivity index (χ4n) is 2.20. The summed E-state index contributed by atoms with van der Waals surface area (Å²) in [5.74, 6) is -0.970. The van der Waals surface area contributed by atoms with Crippen molar-refractivity contribution >= 4 is 21.6 Å². The van der Waals surface area contributed by atoms with E-state index in [1.54, 1.807) is 0 Å². The van der Waals surface area contributed by atoms with Crippen LogP contribution in [0.15, 0.2) is 23.1 Å². The highest BCUT2D eigenvalue weighted by Gasteiger charge is 2.29. The second-order valence-electron chi connectivity index (χ2n) is 4.63. The van der Waals surface area contributed by atoms with Crippen molar-refractivity contribution in [3.8, 4) is 0 Å². The maximum Gasteiger partial charge on any atom is 0.243 e. The lowest BCUT2D eigenvalue weighted by atomic mass is 9.93. The SMILES string of the molecule is O=S(=O)(NC1CCCCC1O)c1cccc(Cl)c1F. The average Bonchev–Trinajstić information content (AvgIpc) is 2.35. The molecule has 7 heteroatoms. The van der Waals surface area contributed by atoms with Gasteiger partial charge in [0.1, 0.15) is 4.90 Å². The third kappa shape index (κ3) is 3.25. The van der Waals surface area contributed by atoms with Gasteiger partial charge in [0.25, 0.3) is 0 Å². The molecule has 2 atom stereocenters. The standard InChI is InChI=1S/C12H15ClFNO3S/c13-8-4-3-7-11(12(8)14)19(17,18)15-9-5-1-2-6-10(9)16/h3-4,7,9-10,15-16H,1-2,5-6H2. The van der Waals surface area contributed by atoms with Crippen LogP contribution < -0.4 is 4.72 Å². The highest BCUT2D eigenvalue weighted by molar-refractivity contribution is 7.89. The summed E-state index contributed by atoms with van der Waals surface area (Å²) in [6.45, 7) is 0. The third-order valence-corrected chi connectivity index (χ3v) is 5.04. The zero-order valence-corrected chi connectivity index (χ0v) is 11.7. The van der Waals surface area contributed by atoms with E-state index >= 15 is 0 Å².